The first-order valence-corrected chi connectivity index (χ1v) is 10.4. The number of carbonyl (C=O) groups is 1. The van der Waals surface area contributed by atoms with E-state index >= 15 is 0 Å². The summed E-state index contributed by atoms with van der Waals surface area (Å²) in [6, 6.07) is 17.2. The van der Waals surface area contributed by atoms with Gasteiger partial charge < -0.3 is 4.90 Å². The predicted molar refractivity (Wildman–Crippen MR) is 120 cm³/mol. The van der Waals surface area contributed by atoms with Gasteiger partial charge in [0, 0.05) is 24.0 Å². The lowest BCUT2D eigenvalue weighted by molar-refractivity contribution is -0.119. The van der Waals surface area contributed by atoms with Crippen LogP contribution in [0.4, 0.5) is 5.69 Å². The molecule has 0 aliphatic heterocycles. The Balaban J connectivity index is 1.61. The van der Waals surface area contributed by atoms with Crippen LogP contribution >= 0.6 is 0 Å². The molecule has 5 rings (SSSR count). The van der Waals surface area contributed by atoms with Crippen molar-refractivity contribution >= 4 is 22.5 Å². The van der Waals surface area contributed by atoms with Crippen LogP contribution in [0.25, 0.3) is 16.6 Å². The number of rotatable bonds is 5. The van der Waals surface area contributed by atoms with Gasteiger partial charge in [0.05, 0.1) is 17.6 Å². The molecule has 0 atom stereocenters. The van der Waals surface area contributed by atoms with Crippen LogP contribution in [0.2, 0.25) is 0 Å². The predicted octanol–water partition coefficient (Wildman–Crippen LogP) is 3.43. The maximum atomic E-state index is 13.5. The molecule has 0 radical (unpaired) electrons. The number of aromatic nitrogens is 4. The molecule has 0 N–H and O–H groups in total. The third kappa shape index (κ3) is 3.42. The minimum Gasteiger partial charge on any atom is -0.314 e. The molecule has 0 saturated heterocycles. The highest BCUT2D eigenvalue weighted by atomic mass is 16.2. The molecule has 7 heteroatoms. The van der Waals surface area contributed by atoms with E-state index in [2.05, 4.69) is 10.2 Å². The Labute approximate surface area is 179 Å². The van der Waals surface area contributed by atoms with Gasteiger partial charge in [0.1, 0.15) is 12.1 Å². The number of aryl methyl sites for hydroxylation is 1. The molecule has 4 aromatic rings. The molecular weight excluding hydrogens is 390 g/mol. The van der Waals surface area contributed by atoms with Gasteiger partial charge in [0.15, 0.2) is 0 Å². The molecule has 0 bridgehead atoms. The van der Waals surface area contributed by atoms with Crippen molar-refractivity contribution in [2.75, 3.05) is 11.9 Å². The zero-order valence-electron chi connectivity index (χ0n) is 17.5. The van der Waals surface area contributed by atoms with Crippen LogP contribution in [-0.4, -0.2) is 32.5 Å². The molecule has 1 amide bonds. The second kappa shape index (κ2) is 7.50. The van der Waals surface area contributed by atoms with E-state index in [4.69, 9.17) is 0 Å². The van der Waals surface area contributed by atoms with Gasteiger partial charge in [-0.2, -0.15) is 10.2 Å². The molecular formula is C24H23N5O2. The normalized spacial score (nSPS) is 13.5. The highest BCUT2D eigenvalue weighted by molar-refractivity contribution is 5.92. The third-order valence-electron chi connectivity index (χ3n) is 5.82. The van der Waals surface area contributed by atoms with Crippen molar-refractivity contribution in [3.63, 3.8) is 0 Å². The standard InChI is InChI=1S/C24H23N5O2/c1-16-8-6-7-11-20(16)29-23-19(14-25-29)22(17-12-13-17)26-28(24(23)31)15-21(30)27(2)18-9-4-3-5-10-18/h3-11,14,17H,12-13,15H2,1-2H3. The number of para-hydroxylation sites is 2. The van der Waals surface area contributed by atoms with Crippen molar-refractivity contribution in [2.45, 2.75) is 32.2 Å². The fourth-order valence-corrected chi connectivity index (χ4v) is 3.87. The summed E-state index contributed by atoms with van der Waals surface area (Å²) in [5.41, 5.74) is 3.65. The van der Waals surface area contributed by atoms with E-state index in [1.807, 2.05) is 61.5 Å². The summed E-state index contributed by atoms with van der Waals surface area (Å²) >= 11 is 0. The maximum Gasteiger partial charge on any atom is 0.293 e. The zero-order valence-corrected chi connectivity index (χ0v) is 17.5. The molecule has 156 valence electrons. The highest BCUT2D eigenvalue weighted by Crippen LogP contribution is 2.41. The van der Waals surface area contributed by atoms with E-state index in [-0.39, 0.29) is 18.0 Å². The minimum absolute atomic E-state index is 0.126. The van der Waals surface area contributed by atoms with Gasteiger partial charge >= 0.3 is 0 Å². The van der Waals surface area contributed by atoms with E-state index < -0.39 is 0 Å². The van der Waals surface area contributed by atoms with Gasteiger partial charge in [-0.1, -0.05) is 36.4 Å². The third-order valence-corrected chi connectivity index (χ3v) is 5.82. The molecule has 0 unspecified atom stereocenters. The van der Waals surface area contributed by atoms with E-state index in [1.165, 1.54) is 4.68 Å². The van der Waals surface area contributed by atoms with Crippen LogP contribution in [0, 0.1) is 6.92 Å². The Hall–Kier alpha value is -3.74. The minimum atomic E-state index is -0.310. The summed E-state index contributed by atoms with van der Waals surface area (Å²) in [6.45, 7) is 1.86. The molecule has 1 saturated carbocycles. The van der Waals surface area contributed by atoms with Crippen LogP contribution in [0.3, 0.4) is 0 Å². The number of hydrogen-bond donors (Lipinski definition) is 0. The number of benzene rings is 2. The topological polar surface area (TPSA) is 73.0 Å². The lowest BCUT2D eigenvalue weighted by atomic mass is 10.2. The summed E-state index contributed by atoms with van der Waals surface area (Å²) in [6.07, 6.45) is 3.80. The lowest BCUT2D eigenvalue weighted by Crippen LogP contribution is -2.36. The number of carbonyl (C=O) groups excluding carboxylic acids is 1. The zero-order chi connectivity index (χ0) is 21.5. The van der Waals surface area contributed by atoms with Crippen molar-refractivity contribution in [2.24, 2.45) is 0 Å². The van der Waals surface area contributed by atoms with Crippen LogP contribution in [-0.2, 0) is 11.3 Å². The summed E-state index contributed by atoms with van der Waals surface area (Å²) in [5.74, 6) is 0.106. The Morgan fingerprint density at radius 2 is 1.81 bits per heavy atom. The van der Waals surface area contributed by atoms with Gasteiger partial charge in [-0.3, -0.25) is 9.59 Å². The van der Waals surface area contributed by atoms with Crippen LogP contribution in [0.1, 0.15) is 30.0 Å². The van der Waals surface area contributed by atoms with E-state index in [0.717, 1.165) is 40.9 Å². The largest absolute Gasteiger partial charge is 0.314 e. The van der Waals surface area contributed by atoms with Crippen molar-refractivity contribution in [1.29, 1.82) is 0 Å². The Bertz CT molecular complexity index is 1340. The monoisotopic (exact) mass is 413 g/mol. The number of nitrogens with zero attached hydrogens (tertiary/aromatic N) is 5. The Morgan fingerprint density at radius 3 is 2.52 bits per heavy atom. The summed E-state index contributed by atoms with van der Waals surface area (Å²) < 4.78 is 2.98. The number of hydrogen-bond acceptors (Lipinski definition) is 4. The smallest absolute Gasteiger partial charge is 0.293 e. The van der Waals surface area contributed by atoms with E-state index in [0.29, 0.717) is 11.4 Å². The van der Waals surface area contributed by atoms with Crippen molar-refractivity contribution < 1.29 is 4.79 Å². The second-order valence-corrected chi connectivity index (χ2v) is 8.02. The number of likely N-dealkylation sites (N-methyl/N-ethyl adjacent to an activating group) is 1. The van der Waals surface area contributed by atoms with Crippen molar-refractivity contribution in [3.05, 3.63) is 82.4 Å². The highest BCUT2D eigenvalue weighted by Gasteiger charge is 2.30. The van der Waals surface area contributed by atoms with Crippen LogP contribution < -0.4 is 10.5 Å². The van der Waals surface area contributed by atoms with Gasteiger partial charge in [-0.25, -0.2) is 9.36 Å². The molecule has 1 aliphatic carbocycles. The summed E-state index contributed by atoms with van der Waals surface area (Å²) in [4.78, 5) is 28.0. The number of fused-ring (bicyclic) bond motifs is 1. The fraction of sp³-hybridized carbons (Fsp3) is 0.250. The maximum absolute atomic E-state index is 13.5. The van der Waals surface area contributed by atoms with Gasteiger partial charge in [0.2, 0.25) is 5.91 Å². The molecule has 2 aromatic carbocycles. The Kier molecular flexibility index (Phi) is 4.66. The molecule has 1 aliphatic rings. The van der Waals surface area contributed by atoms with E-state index in [1.54, 1.807) is 22.8 Å². The molecule has 31 heavy (non-hydrogen) atoms. The van der Waals surface area contributed by atoms with Gasteiger partial charge in [-0.05, 0) is 43.5 Å². The molecule has 1 fully saturated rings. The summed E-state index contributed by atoms with van der Waals surface area (Å²) in [7, 11) is 1.71. The number of anilines is 1. The SMILES string of the molecule is Cc1ccccc1-n1ncc2c(C3CC3)nn(CC(=O)N(C)c3ccccc3)c(=O)c21. The lowest BCUT2D eigenvalue weighted by Gasteiger charge is -2.18. The first-order chi connectivity index (χ1) is 15.0. The van der Waals surface area contributed by atoms with Gasteiger partial charge in [-0.15, -0.1) is 0 Å². The van der Waals surface area contributed by atoms with Crippen molar-refractivity contribution in [3.8, 4) is 5.69 Å². The molecule has 2 heterocycles. The van der Waals surface area contributed by atoms with Crippen LogP contribution in [0.5, 0.6) is 0 Å². The molecule has 0 spiro atoms. The Morgan fingerprint density at radius 1 is 1.10 bits per heavy atom. The van der Waals surface area contributed by atoms with Crippen molar-refractivity contribution in [1.82, 2.24) is 19.6 Å². The average molecular weight is 413 g/mol. The quantitative estimate of drug-likeness (QED) is 0.502. The first kappa shape index (κ1) is 19.2. The summed E-state index contributed by atoms with van der Waals surface area (Å²) in [5, 5.41) is 9.91. The molecule has 7 nitrogen and oxygen atoms in total. The first-order valence-electron chi connectivity index (χ1n) is 10.4. The average Bonchev–Trinajstić information content (AvgIpc) is 3.54. The fourth-order valence-electron chi connectivity index (χ4n) is 3.87. The number of amides is 1. The van der Waals surface area contributed by atoms with Crippen LogP contribution in [0.15, 0.2) is 65.6 Å². The molecule has 2 aromatic heterocycles. The van der Waals surface area contributed by atoms with E-state index in [9.17, 15) is 9.59 Å². The second-order valence-electron chi connectivity index (χ2n) is 8.02. The van der Waals surface area contributed by atoms with Gasteiger partial charge in [0.25, 0.3) is 5.56 Å².